The first-order valence-corrected chi connectivity index (χ1v) is 4.07. The van der Waals surface area contributed by atoms with Crippen molar-refractivity contribution in [2.24, 2.45) is 0 Å². The van der Waals surface area contributed by atoms with Crippen LogP contribution in [0.5, 0.6) is 0 Å². The molecule has 0 spiro atoms. The van der Waals surface area contributed by atoms with Crippen LogP contribution >= 0.6 is 0 Å². The molecule has 3 nitrogen and oxygen atoms in total. The van der Waals surface area contributed by atoms with Gasteiger partial charge in [-0.25, -0.2) is 0 Å². The minimum atomic E-state index is -4.00. The first kappa shape index (κ1) is 16.3. The van der Waals surface area contributed by atoms with E-state index in [9.17, 15) is 8.42 Å². The zero-order valence-electron chi connectivity index (χ0n) is 5.06. The molecule has 0 amide bonds. The van der Waals surface area contributed by atoms with Crippen LogP contribution in [-0.2, 0) is 10.1 Å². The Balaban J connectivity index is 0. The van der Waals surface area contributed by atoms with Crippen molar-refractivity contribution in [1.29, 1.82) is 0 Å². The standard InChI is InChI=1S/C6H6O3S.Ca.Sr.4H/c7-10(8,9)6-4-2-1-3-5-6;;;;;;/h1-5H,(H,7,8,9);;;;;;. The molecule has 0 aliphatic carbocycles. The minimum absolute atomic E-state index is 0. The maximum absolute atomic E-state index is 10.4. The normalized spacial score (nSPS) is 9.42. The molecular weight excluding hydrogens is 280 g/mol. The SMILES string of the molecule is O=S(=O)(O)c1ccccc1.[CaH2].[SrH2]. The van der Waals surface area contributed by atoms with Crippen molar-refractivity contribution in [3.8, 4) is 0 Å². The van der Waals surface area contributed by atoms with E-state index in [0.29, 0.717) is 0 Å². The van der Waals surface area contributed by atoms with E-state index in [4.69, 9.17) is 4.55 Å². The molecule has 1 N–H and O–H groups in total. The summed E-state index contributed by atoms with van der Waals surface area (Å²) in [5.74, 6) is 0. The molecular formula is C6H10CaO3SSr. The van der Waals surface area contributed by atoms with Crippen LogP contribution in [0.2, 0.25) is 0 Å². The fourth-order valence-electron chi connectivity index (χ4n) is 0.592. The van der Waals surface area contributed by atoms with E-state index in [1.165, 1.54) is 12.1 Å². The zero-order chi connectivity index (χ0) is 7.61. The van der Waals surface area contributed by atoms with Gasteiger partial charge in [0.2, 0.25) is 0 Å². The summed E-state index contributed by atoms with van der Waals surface area (Å²) in [5.41, 5.74) is 0. The zero-order valence-corrected chi connectivity index (χ0v) is 5.88. The third kappa shape index (κ3) is 5.57. The van der Waals surface area contributed by atoms with Gasteiger partial charge >= 0.3 is 83.2 Å². The molecule has 0 atom stereocenters. The van der Waals surface area contributed by atoms with Gasteiger partial charge in [0.15, 0.2) is 0 Å². The van der Waals surface area contributed by atoms with Gasteiger partial charge in [0.05, 0.1) is 4.90 Å². The molecule has 0 saturated carbocycles. The summed E-state index contributed by atoms with van der Waals surface area (Å²) in [6, 6.07) is 7.42. The summed E-state index contributed by atoms with van der Waals surface area (Å²) in [6.07, 6.45) is 0. The fraction of sp³-hybridized carbons (Fsp3) is 0. The third-order valence-corrected chi connectivity index (χ3v) is 1.91. The Bertz CT molecular complexity index is 311. The molecule has 12 heavy (non-hydrogen) atoms. The average Bonchev–Trinajstić information content (AvgIpc) is 1.88. The van der Waals surface area contributed by atoms with Gasteiger partial charge < -0.3 is 0 Å². The molecule has 0 aliphatic heterocycles. The van der Waals surface area contributed by atoms with Crippen molar-refractivity contribution in [3.05, 3.63) is 30.3 Å². The van der Waals surface area contributed by atoms with Crippen LogP contribution in [-0.4, -0.2) is 96.2 Å². The van der Waals surface area contributed by atoms with Crippen LogP contribution in [0.3, 0.4) is 0 Å². The van der Waals surface area contributed by atoms with Gasteiger partial charge in [0, 0.05) is 0 Å². The summed E-state index contributed by atoms with van der Waals surface area (Å²) >= 11 is 0. The predicted molar refractivity (Wildman–Crippen MR) is 53.3 cm³/mol. The molecule has 1 aromatic rings. The van der Waals surface area contributed by atoms with E-state index in [-0.39, 0.29) is 88.1 Å². The number of rotatable bonds is 1. The summed E-state index contributed by atoms with van der Waals surface area (Å²) in [6.45, 7) is 0. The Morgan fingerprint density at radius 2 is 1.50 bits per heavy atom. The Kier molecular flexibility index (Phi) is 9.78. The van der Waals surface area contributed by atoms with E-state index in [1.54, 1.807) is 18.2 Å². The fourth-order valence-corrected chi connectivity index (χ4v) is 1.09. The van der Waals surface area contributed by atoms with E-state index >= 15 is 0 Å². The van der Waals surface area contributed by atoms with Gasteiger partial charge in [-0.15, -0.1) is 0 Å². The van der Waals surface area contributed by atoms with Crippen LogP contribution in [0.4, 0.5) is 0 Å². The van der Waals surface area contributed by atoms with Crippen LogP contribution in [0.15, 0.2) is 35.2 Å². The van der Waals surface area contributed by atoms with Crippen molar-refractivity contribution < 1.29 is 13.0 Å². The monoisotopic (exact) mass is 290 g/mol. The molecule has 62 valence electrons. The van der Waals surface area contributed by atoms with E-state index in [2.05, 4.69) is 0 Å². The second-order valence-electron chi connectivity index (χ2n) is 1.79. The quantitative estimate of drug-likeness (QED) is 0.539. The van der Waals surface area contributed by atoms with Crippen molar-refractivity contribution in [2.75, 3.05) is 0 Å². The first-order valence-electron chi connectivity index (χ1n) is 2.63. The number of hydrogen-bond donors (Lipinski definition) is 1. The molecule has 1 rings (SSSR count). The predicted octanol–water partition coefficient (Wildman–Crippen LogP) is -0.899. The Hall–Kier alpha value is 1.87. The van der Waals surface area contributed by atoms with E-state index in [0.717, 1.165) is 0 Å². The maximum atomic E-state index is 10.4. The summed E-state index contributed by atoms with van der Waals surface area (Å²) < 4.78 is 29.2. The van der Waals surface area contributed by atoms with E-state index in [1.807, 2.05) is 0 Å². The van der Waals surface area contributed by atoms with E-state index < -0.39 is 10.1 Å². The molecule has 0 radical (unpaired) electrons. The molecule has 6 heteroatoms. The third-order valence-electron chi connectivity index (χ3n) is 1.04. The molecule has 0 fully saturated rings. The Morgan fingerprint density at radius 1 is 1.08 bits per heavy atom. The molecule has 1 aromatic carbocycles. The molecule has 0 saturated heterocycles. The van der Waals surface area contributed by atoms with Crippen molar-refractivity contribution in [1.82, 2.24) is 0 Å². The number of hydrogen-bond acceptors (Lipinski definition) is 2. The summed E-state index contributed by atoms with van der Waals surface area (Å²) in [7, 11) is -4.00. The van der Waals surface area contributed by atoms with Crippen molar-refractivity contribution in [3.63, 3.8) is 0 Å². The van der Waals surface area contributed by atoms with Crippen LogP contribution in [0.1, 0.15) is 0 Å². The topological polar surface area (TPSA) is 54.4 Å². The van der Waals surface area contributed by atoms with Gasteiger partial charge in [-0.3, -0.25) is 4.55 Å². The number of benzene rings is 1. The second kappa shape index (κ2) is 7.20. The second-order valence-corrected chi connectivity index (χ2v) is 3.21. The van der Waals surface area contributed by atoms with Gasteiger partial charge in [-0.05, 0) is 12.1 Å². The molecule has 0 bridgehead atoms. The first-order chi connectivity index (χ1) is 4.61. The van der Waals surface area contributed by atoms with Crippen LogP contribution in [0.25, 0.3) is 0 Å². The van der Waals surface area contributed by atoms with Gasteiger partial charge in [-0.1, -0.05) is 18.2 Å². The molecule has 0 unspecified atom stereocenters. The van der Waals surface area contributed by atoms with Crippen LogP contribution in [0, 0.1) is 0 Å². The van der Waals surface area contributed by atoms with Gasteiger partial charge in [0.25, 0.3) is 10.1 Å². The Morgan fingerprint density at radius 3 is 1.75 bits per heavy atom. The molecule has 0 aromatic heterocycles. The van der Waals surface area contributed by atoms with Gasteiger partial charge in [-0.2, -0.15) is 8.42 Å². The Labute approximate surface area is 139 Å². The average molecular weight is 290 g/mol. The van der Waals surface area contributed by atoms with Gasteiger partial charge in [0.1, 0.15) is 0 Å². The molecule has 0 aliphatic rings. The summed E-state index contributed by atoms with van der Waals surface area (Å²) in [4.78, 5) is -0.0741. The van der Waals surface area contributed by atoms with Crippen molar-refractivity contribution >= 4 is 93.3 Å². The molecule has 0 heterocycles. The van der Waals surface area contributed by atoms with Crippen molar-refractivity contribution in [2.45, 2.75) is 4.90 Å². The van der Waals surface area contributed by atoms with Crippen LogP contribution < -0.4 is 0 Å². The summed E-state index contributed by atoms with van der Waals surface area (Å²) in [5, 5.41) is 0.